The molecule has 1 aromatic carbocycles. The molecule has 1 heterocycles. The summed E-state index contributed by atoms with van der Waals surface area (Å²) in [6, 6.07) is 6.82. The van der Waals surface area contributed by atoms with Crippen LogP contribution in [0.2, 0.25) is 0 Å². The van der Waals surface area contributed by atoms with Crippen molar-refractivity contribution in [1.29, 1.82) is 0 Å². The van der Waals surface area contributed by atoms with E-state index in [1.165, 1.54) is 43.2 Å². The van der Waals surface area contributed by atoms with Crippen LogP contribution in [0.25, 0.3) is 0 Å². The molecule has 0 bridgehead atoms. The van der Waals surface area contributed by atoms with Gasteiger partial charge >= 0.3 is 0 Å². The molecule has 110 valence electrons. The molecule has 1 aliphatic heterocycles. The summed E-state index contributed by atoms with van der Waals surface area (Å²) in [6.45, 7) is 7.70. The Morgan fingerprint density at radius 3 is 2.60 bits per heavy atom. The van der Waals surface area contributed by atoms with Gasteiger partial charge in [-0.1, -0.05) is 61.7 Å². The van der Waals surface area contributed by atoms with Gasteiger partial charge in [0.05, 0.1) is 6.61 Å². The zero-order valence-electron chi connectivity index (χ0n) is 12.8. The number of hydrogen-bond acceptors (Lipinski definition) is 1. The first kappa shape index (κ1) is 14.4. The smallest absolute Gasteiger partial charge is 0.123 e. The van der Waals surface area contributed by atoms with Gasteiger partial charge in [0.25, 0.3) is 0 Å². The van der Waals surface area contributed by atoms with Crippen LogP contribution >= 0.6 is 15.9 Å². The third-order valence-electron chi connectivity index (χ3n) is 5.46. The lowest BCUT2D eigenvalue weighted by Gasteiger charge is -2.34. The van der Waals surface area contributed by atoms with Crippen LogP contribution < -0.4 is 4.74 Å². The van der Waals surface area contributed by atoms with Gasteiger partial charge in [-0.3, -0.25) is 0 Å². The van der Waals surface area contributed by atoms with E-state index in [9.17, 15) is 0 Å². The normalized spacial score (nSPS) is 24.2. The molecule has 1 fully saturated rings. The second-order valence-electron chi connectivity index (χ2n) is 7.21. The number of benzene rings is 1. The van der Waals surface area contributed by atoms with Gasteiger partial charge in [0.15, 0.2) is 0 Å². The summed E-state index contributed by atoms with van der Waals surface area (Å²) in [6.07, 6.45) is 6.75. The Bertz CT molecular complexity index is 500. The Labute approximate surface area is 131 Å². The molecule has 0 saturated heterocycles. The fraction of sp³-hybridized carbons (Fsp3) is 0.667. The summed E-state index contributed by atoms with van der Waals surface area (Å²) in [5, 5.41) is 0. The molecular weight excluding hydrogens is 312 g/mol. The SMILES string of the molecule is CCC1(C(Br)c2ccc3c(c2)C(C)(C)CO3)CCCC1. The predicted molar refractivity (Wildman–Crippen MR) is 87.8 cm³/mol. The molecule has 3 rings (SSSR count). The van der Waals surface area contributed by atoms with E-state index >= 15 is 0 Å². The first-order valence-corrected chi connectivity index (χ1v) is 8.81. The van der Waals surface area contributed by atoms with Gasteiger partial charge in [-0.25, -0.2) is 0 Å². The van der Waals surface area contributed by atoms with E-state index in [4.69, 9.17) is 4.74 Å². The molecule has 2 heteroatoms. The summed E-state index contributed by atoms with van der Waals surface area (Å²) in [7, 11) is 0. The maximum atomic E-state index is 5.81. The van der Waals surface area contributed by atoms with Crippen molar-refractivity contribution in [3.8, 4) is 5.75 Å². The largest absolute Gasteiger partial charge is 0.492 e. The molecular formula is C18H25BrO. The number of alkyl halides is 1. The monoisotopic (exact) mass is 336 g/mol. The number of rotatable bonds is 3. The van der Waals surface area contributed by atoms with Gasteiger partial charge in [0, 0.05) is 15.8 Å². The van der Waals surface area contributed by atoms with Crippen LogP contribution in [0, 0.1) is 5.41 Å². The van der Waals surface area contributed by atoms with Crippen molar-refractivity contribution in [1.82, 2.24) is 0 Å². The van der Waals surface area contributed by atoms with Crippen molar-refractivity contribution in [2.24, 2.45) is 5.41 Å². The molecule has 0 amide bonds. The van der Waals surface area contributed by atoms with Crippen molar-refractivity contribution in [2.75, 3.05) is 6.61 Å². The van der Waals surface area contributed by atoms with Gasteiger partial charge in [-0.15, -0.1) is 0 Å². The highest BCUT2D eigenvalue weighted by Gasteiger charge is 2.40. The molecule has 20 heavy (non-hydrogen) atoms. The van der Waals surface area contributed by atoms with Gasteiger partial charge < -0.3 is 4.74 Å². The summed E-state index contributed by atoms with van der Waals surface area (Å²) < 4.78 is 5.81. The number of hydrogen-bond donors (Lipinski definition) is 0. The van der Waals surface area contributed by atoms with E-state index < -0.39 is 0 Å². The van der Waals surface area contributed by atoms with Gasteiger partial charge in [-0.05, 0) is 36.3 Å². The Morgan fingerprint density at radius 1 is 1.25 bits per heavy atom. The first-order valence-electron chi connectivity index (χ1n) is 7.90. The fourth-order valence-corrected chi connectivity index (χ4v) is 4.98. The molecule has 0 radical (unpaired) electrons. The van der Waals surface area contributed by atoms with Gasteiger partial charge in [0.1, 0.15) is 5.75 Å². The summed E-state index contributed by atoms with van der Waals surface area (Å²) >= 11 is 4.04. The van der Waals surface area contributed by atoms with Gasteiger partial charge in [-0.2, -0.15) is 0 Å². The molecule has 0 spiro atoms. The Balaban J connectivity index is 1.95. The molecule has 1 aliphatic carbocycles. The standard InChI is InChI=1S/C18H25BrO/c1-4-18(9-5-6-10-18)16(19)13-7-8-15-14(11-13)17(2,3)12-20-15/h7-8,11,16H,4-6,9-10,12H2,1-3H3. The minimum Gasteiger partial charge on any atom is -0.492 e. The zero-order valence-corrected chi connectivity index (χ0v) is 14.4. The van der Waals surface area contributed by atoms with Crippen molar-refractivity contribution >= 4 is 15.9 Å². The molecule has 1 unspecified atom stereocenters. The van der Waals surface area contributed by atoms with Crippen molar-refractivity contribution in [2.45, 2.75) is 63.1 Å². The summed E-state index contributed by atoms with van der Waals surface area (Å²) in [5.41, 5.74) is 3.42. The zero-order chi connectivity index (χ0) is 14.4. The van der Waals surface area contributed by atoms with E-state index in [1.54, 1.807) is 0 Å². The van der Waals surface area contributed by atoms with Crippen molar-refractivity contribution < 1.29 is 4.74 Å². The van der Waals surface area contributed by atoms with E-state index in [-0.39, 0.29) is 5.41 Å². The maximum absolute atomic E-state index is 5.81. The third kappa shape index (κ3) is 2.20. The minimum absolute atomic E-state index is 0.146. The van der Waals surface area contributed by atoms with E-state index in [0.717, 1.165) is 12.4 Å². The average Bonchev–Trinajstić information content (AvgIpc) is 3.04. The summed E-state index contributed by atoms with van der Waals surface area (Å²) in [4.78, 5) is 0.476. The second-order valence-corrected chi connectivity index (χ2v) is 8.13. The Hall–Kier alpha value is -0.500. The Morgan fingerprint density at radius 2 is 1.95 bits per heavy atom. The lowest BCUT2D eigenvalue weighted by molar-refractivity contribution is 0.279. The highest BCUT2D eigenvalue weighted by atomic mass is 79.9. The topological polar surface area (TPSA) is 9.23 Å². The molecule has 1 aromatic rings. The number of fused-ring (bicyclic) bond motifs is 1. The van der Waals surface area contributed by atoms with E-state index in [1.807, 2.05) is 0 Å². The Kier molecular flexibility index (Phi) is 3.64. The number of halogens is 1. The average molecular weight is 337 g/mol. The summed E-state index contributed by atoms with van der Waals surface area (Å²) in [5.74, 6) is 1.08. The fourth-order valence-electron chi connectivity index (χ4n) is 3.91. The molecule has 2 aliphatic rings. The van der Waals surface area contributed by atoms with Crippen LogP contribution in [0.4, 0.5) is 0 Å². The lowest BCUT2D eigenvalue weighted by Crippen LogP contribution is -2.22. The van der Waals surface area contributed by atoms with Crippen LogP contribution in [-0.2, 0) is 5.41 Å². The van der Waals surface area contributed by atoms with E-state index in [2.05, 4.69) is 54.9 Å². The van der Waals surface area contributed by atoms with Crippen LogP contribution in [-0.4, -0.2) is 6.61 Å². The third-order valence-corrected chi connectivity index (χ3v) is 6.95. The van der Waals surface area contributed by atoms with Crippen LogP contribution in [0.5, 0.6) is 5.75 Å². The number of ether oxygens (including phenoxy) is 1. The quantitative estimate of drug-likeness (QED) is 0.637. The van der Waals surface area contributed by atoms with Crippen molar-refractivity contribution in [3.63, 3.8) is 0 Å². The van der Waals surface area contributed by atoms with Crippen LogP contribution in [0.15, 0.2) is 18.2 Å². The van der Waals surface area contributed by atoms with Crippen LogP contribution in [0.1, 0.15) is 68.8 Å². The highest BCUT2D eigenvalue weighted by Crippen LogP contribution is 2.55. The lowest BCUT2D eigenvalue weighted by atomic mass is 9.76. The maximum Gasteiger partial charge on any atom is 0.123 e. The van der Waals surface area contributed by atoms with E-state index in [0.29, 0.717) is 10.2 Å². The van der Waals surface area contributed by atoms with Crippen LogP contribution in [0.3, 0.4) is 0 Å². The molecule has 1 saturated carbocycles. The first-order chi connectivity index (χ1) is 9.48. The molecule has 0 N–H and O–H groups in total. The van der Waals surface area contributed by atoms with Crippen molar-refractivity contribution in [3.05, 3.63) is 29.3 Å². The molecule has 1 nitrogen and oxygen atoms in total. The highest BCUT2D eigenvalue weighted by molar-refractivity contribution is 9.09. The second kappa shape index (κ2) is 5.05. The minimum atomic E-state index is 0.146. The molecule has 1 atom stereocenters. The predicted octanol–water partition coefficient (Wildman–Crippen LogP) is 5.76. The van der Waals surface area contributed by atoms with Gasteiger partial charge in [0.2, 0.25) is 0 Å². The molecule has 0 aromatic heterocycles.